The van der Waals surface area contributed by atoms with Crippen LogP contribution < -0.4 is 10.5 Å². The molecule has 0 amide bonds. The van der Waals surface area contributed by atoms with E-state index in [1.54, 1.807) is 0 Å². The van der Waals surface area contributed by atoms with Gasteiger partial charge in [0.1, 0.15) is 5.75 Å². The van der Waals surface area contributed by atoms with E-state index in [1.165, 1.54) is 11.3 Å². The van der Waals surface area contributed by atoms with Crippen molar-refractivity contribution in [3.8, 4) is 17.0 Å². The zero-order chi connectivity index (χ0) is 24.3. The van der Waals surface area contributed by atoms with Crippen LogP contribution in [0.3, 0.4) is 0 Å². The lowest BCUT2D eigenvalue weighted by Gasteiger charge is -2.26. The molecule has 180 valence electrons. The highest BCUT2D eigenvalue weighted by Gasteiger charge is 2.57. The maximum absolute atomic E-state index is 12.4. The van der Waals surface area contributed by atoms with Crippen LogP contribution in [0.25, 0.3) is 11.3 Å². The third-order valence-electron chi connectivity index (χ3n) is 8.03. The molecule has 1 aromatic heterocycles. The van der Waals surface area contributed by atoms with E-state index in [0.717, 1.165) is 43.6 Å². The van der Waals surface area contributed by atoms with Crippen LogP contribution in [0.5, 0.6) is 5.75 Å². The van der Waals surface area contributed by atoms with Gasteiger partial charge in [-0.25, -0.2) is 4.79 Å². The van der Waals surface area contributed by atoms with E-state index in [-0.39, 0.29) is 0 Å². The van der Waals surface area contributed by atoms with Crippen LogP contribution in [-0.2, 0) is 19.4 Å². The van der Waals surface area contributed by atoms with E-state index in [4.69, 9.17) is 0 Å². The molecule has 1 unspecified atom stereocenters. The zero-order valence-corrected chi connectivity index (χ0v) is 19.7. The highest BCUT2D eigenvalue weighted by atomic mass is 16.4. The minimum Gasteiger partial charge on any atom is -0.506 e. The van der Waals surface area contributed by atoms with Crippen molar-refractivity contribution in [2.45, 2.75) is 31.8 Å². The average Bonchev–Trinajstić information content (AvgIpc) is 3.41. The summed E-state index contributed by atoms with van der Waals surface area (Å²) in [6.45, 7) is 3.07. The van der Waals surface area contributed by atoms with Crippen LogP contribution in [0.15, 0.2) is 53.3 Å². The van der Waals surface area contributed by atoms with Crippen LogP contribution in [0.2, 0.25) is 0 Å². The summed E-state index contributed by atoms with van der Waals surface area (Å²) in [4.78, 5) is 31.5. The molecule has 7 heteroatoms. The Labute approximate surface area is 203 Å². The lowest BCUT2D eigenvalue weighted by molar-refractivity contribution is 0.0691. The fourth-order valence-electron chi connectivity index (χ4n) is 6.32. The first-order valence-electron chi connectivity index (χ1n) is 12.3. The Kier molecular flexibility index (Phi) is 5.18. The van der Waals surface area contributed by atoms with Gasteiger partial charge >= 0.3 is 5.97 Å². The number of fused-ring (bicyclic) bond motifs is 4. The first kappa shape index (κ1) is 21.9. The number of rotatable bonds is 5. The molecule has 0 radical (unpaired) electrons. The van der Waals surface area contributed by atoms with Crippen LogP contribution in [0.1, 0.15) is 33.5 Å². The van der Waals surface area contributed by atoms with E-state index in [9.17, 15) is 19.8 Å². The Morgan fingerprint density at radius 1 is 1.11 bits per heavy atom. The topological polar surface area (TPSA) is 96.9 Å². The van der Waals surface area contributed by atoms with E-state index in [1.807, 2.05) is 6.07 Å². The van der Waals surface area contributed by atoms with E-state index >= 15 is 0 Å². The number of aromatic nitrogens is 1. The number of carbonyl (C=O) groups is 1. The number of H-pyrrole nitrogens is 1. The predicted molar refractivity (Wildman–Crippen MR) is 134 cm³/mol. The summed E-state index contributed by atoms with van der Waals surface area (Å²) in [5, 5.41) is 19.9. The molecule has 1 aliphatic heterocycles. The number of aromatic hydroxyl groups is 1. The minimum absolute atomic E-state index is 0.404. The lowest BCUT2D eigenvalue weighted by Crippen LogP contribution is -2.32. The Morgan fingerprint density at radius 2 is 1.86 bits per heavy atom. The van der Waals surface area contributed by atoms with Gasteiger partial charge in [0.2, 0.25) is 0 Å². The van der Waals surface area contributed by atoms with Crippen molar-refractivity contribution in [1.29, 1.82) is 0 Å². The summed E-state index contributed by atoms with van der Waals surface area (Å²) >= 11 is 0. The van der Waals surface area contributed by atoms with Crippen molar-refractivity contribution in [3.63, 3.8) is 0 Å². The maximum Gasteiger partial charge on any atom is 0.345 e. The first-order valence-corrected chi connectivity index (χ1v) is 12.3. The van der Waals surface area contributed by atoms with Gasteiger partial charge in [0.05, 0.1) is 5.69 Å². The van der Waals surface area contributed by atoms with E-state index in [2.05, 4.69) is 64.3 Å². The highest BCUT2D eigenvalue weighted by Crippen LogP contribution is 2.50. The maximum atomic E-state index is 12.4. The van der Waals surface area contributed by atoms with Gasteiger partial charge in [-0.3, -0.25) is 9.69 Å². The minimum atomic E-state index is -1.41. The fourth-order valence-corrected chi connectivity index (χ4v) is 6.32. The Bertz CT molecular complexity index is 1350. The molecular formula is C28H29N3O4. The molecule has 1 saturated heterocycles. The summed E-state index contributed by atoms with van der Waals surface area (Å²) in [5.74, 6) is -0.442. The second-order valence-electron chi connectivity index (χ2n) is 10.2. The monoisotopic (exact) mass is 471 g/mol. The van der Waals surface area contributed by atoms with Gasteiger partial charge in [-0.05, 0) is 61.4 Å². The molecule has 2 aromatic carbocycles. The largest absolute Gasteiger partial charge is 0.506 e. The quantitative estimate of drug-likeness (QED) is 0.527. The predicted octanol–water partition coefficient (Wildman–Crippen LogP) is 3.50. The number of carboxylic acids is 1. The molecule has 35 heavy (non-hydrogen) atoms. The molecule has 0 bridgehead atoms. The number of nitrogens with zero attached hydrogens (tertiary/aromatic N) is 2. The summed E-state index contributed by atoms with van der Waals surface area (Å²) in [6.07, 6.45) is 2.11. The number of hydrogen-bond acceptors (Lipinski definition) is 5. The van der Waals surface area contributed by atoms with Crippen molar-refractivity contribution in [1.82, 2.24) is 9.88 Å². The van der Waals surface area contributed by atoms with Gasteiger partial charge in [0.25, 0.3) is 5.56 Å². The number of nitrogens with one attached hydrogen (secondary N) is 1. The summed E-state index contributed by atoms with van der Waals surface area (Å²) in [5.41, 5.74) is 4.25. The van der Waals surface area contributed by atoms with Gasteiger partial charge in [-0.1, -0.05) is 36.4 Å². The molecular weight excluding hydrogens is 442 g/mol. The number of carboxylic acid groups (broad SMARTS) is 1. The van der Waals surface area contributed by atoms with Gasteiger partial charge < -0.3 is 20.1 Å². The van der Waals surface area contributed by atoms with Gasteiger partial charge in [0, 0.05) is 42.5 Å². The van der Waals surface area contributed by atoms with Crippen molar-refractivity contribution in [3.05, 3.63) is 81.1 Å². The molecule has 3 N–H and O–H groups in total. The van der Waals surface area contributed by atoms with Crippen LogP contribution >= 0.6 is 0 Å². The lowest BCUT2D eigenvalue weighted by atomic mass is 9.99. The molecule has 2 aliphatic carbocycles. The molecule has 0 spiro atoms. The average molecular weight is 472 g/mol. The summed E-state index contributed by atoms with van der Waals surface area (Å²) in [7, 11) is 2.23. The number of piperidine rings is 1. The summed E-state index contributed by atoms with van der Waals surface area (Å²) in [6, 6.07) is 17.5. The van der Waals surface area contributed by atoms with Gasteiger partial charge in [-0.2, -0.15) is 0 Å². The summed E-state index contributed by atoms with van der Waals surface area (Å²) < 4.78 is 0. The normalized spacial score (nSPS) is 22.3. The molecule has 2 heterocycles. The Hall–Kier alpha value is -3.58. The number of benzene rings is 2. The molecule has 7 nitrogen and oxygen atoms in total. The Balaban J connectivity index is 1.21. The zero-order valence-electron chi connectivity index (χ0n) is 19.7. The molecule has 3 aromatic rings. The first-order chi connectivity index (χ1) is 16.9. The third kappa shape index (κ3) is 3.71. The Morgan fingerprint density at radius 3 is 2.57 bits per heavy atom. The number of aryl methyl sites for hydroxylation is 1. The molecule has 1 saturated carbocycles. The highest BCUT2D eigenvalue weighted by molar-refractivity contribution is 5.92. The van der Waals surface area contributed by atoms with Crippen molar-refractivity contribution in [2.75, 3.05) is 25.0 Å². The number of anilines is 1. The van der Waals surface area contributed by atoms with Crippen molar-refractivity contribution in [2.24, 2.45) is 11.8 Å². The number of hydrogen-bond donors (Lipinski definition) is 3. The number of pyridine rings is 1. The molecule has 6 rings (SSSR count). The fraction of sp³-hybridized carbons (Fsp3) is 0.357. The van der Waals surface area contributed by atoms with Crippen LogP contribution in [0.4, 0.5) is 5.69 Å². The van der Waals surface area contributed by atoms with Crippen molar-refractivity contribution < 1.29 is 15.0 Å². The number of aromatic amines is 1. The second-order valence-corrected chi connectivity index (χ2v) is 10.2. The van der Waals surface area contributed by atoms with E-state index < -0.39 is 22.8 Å². The third-order valence-corrected chi connectivity index (χ3v) is 8.03. The SMILES string of the molecule is CN(Cc1ccccc1)C1[C@H]2CN(c3ccc4c(c3)CCCc3c-4[nH]c(=O)c(C(=O)O)c3O)C[C@@H]12. The van der Waals surface area contributed by atoms with E-state index in [0.29, 0.717) is 35.6 Å². The second kappa shape index (κ2) is 8.27. The van der Waals surface area contributed by atoms with Crippen LogP contribution in [0, 0.1) is 11.8 Å². The smallest absolute Gasteiger partial charge is 0.345 e. The molecule has 3 aliphatic rings. The number of aromatic carboxylic acids is 1. The van der Waals surface area contributed by atoms with Gasteiger partial charge in [0.15, 0.2) is 5.56 Å². The molecule has 3 atom stereocenters. The van der Waals surface area contributed by atoms with Crippen LogP contribution in [-0.4, -0.2) is 52.2 Å². The van der Waals surface area contributed by atoms with Gasteiger partial charge in [-0.15, -0.1) is 0 Å². The standard InChI is InChI=1S/C28H29N3O4/c1-30(13-16-6-3-2-4-7-16)25-21-14-31(15-22(21)25)18-10-11-19-17(12-18)8-5-9-20-24(19)29-27(33)23(26(20)32)28(34)35/h2-4,6-7,10-12,21-22,25H,5,8-9,13-15H2,1H3,(H,34,35)(H2,29,32,33)/t21-,22+,25?. The molecule has 2 fully saturated rings. The van der Waals surface area contributed by atoms with Crippen molar-refractivity contribution >= 4 is 11.7 Å².